The van der Waals surface area contributed by atoms with Crippen molar-refractivity contribution < 1.29 is 19.5 Å². The lowest BCUT2D eigenvalue weighted by atomic mass is 10.1. The number of rotatable bonds is 4. The number of hydrogen-bond donors (Lipinski definition) is 2. The molecule has 0 aromatic heterocycles. The highest BCUT2D eigenvalue weighted by atomic mass is 32.2. The van der Waals surface area contributed by atoms with Crippen LogP contribution in [0.4, 0.5) is 5.69 Å². The summed E-state index contributed by atoms with van der Waals surface area (Å²) >= 11 is 1.44. The van der Waals surface area contributed by atoms with Gasteiger partial charge in [0.1, 0.15) is 0 Å². The highest BCUT2D eigenvalue weighted by Gasteiger charge is 2.34. The lowest BCUT2D eigenvalue weighted by Crippen LogP contribution is -2.37. The maximum Gasteiger partial charge on any atom is 0.303 e. The number of ketones is 1. The zero-order chi connectivity index (χ0) is 14.9. The summed E-state index contributed by atoms with van der Waals surface area (Å²) in [4.78, 5) is 35.1. The number of carboxylic acids is 1. The Bertz CT molecular complexity index is 595. The smallest absolute Gasteiger partial charge is 0.303 e. The minimum Gasteiger partial charge on any atom is -0.481 e. The van der Waals surface area contributed by atoms with Crippen LogP contribution in [-0.2, 0) is 9.59 Å². The van der Waals surface area contributed by atoms with Crippen LogP contribution in [-0.4, -0.2) is 27.5 Å². The molecule has 0 unspecified atom stereocenters. The van der Waals surface area contributed by atoms with Gasteiger partial charge < -0.3 is 10.4 Å². The highest BCUT2D eigenvalue weighted by Crippen LogP contribution is 2.42. The molecule has 0 saturated heterocycles. The third kappa shape index (κ3) is 3.01. The summed E-state index contributed by atoms with van der Waals surface area (Å²) in [6.45, 7) is 3.67. The number of Topliss-reactive ketones (excluding diaryl/α,β-unsaturated/α-hetero) is 1. The average molecular weight is 293 g/mol. The van der Waals surface area contributed by atoms with Crippen molar-refractivity contribution in [2.75, 3.05) is 5.32 Å². The van der Waals surface area contributed by atoms with Crippen LogP contribution in [0.2, 0.25) is 0 Å². The Morgan fingerprint density at radius 2 is 2.00 bits per heavy atom. The number of carbonyl (C=O) groups excluding carboxylic acids is 2. The van der Waals surface area contributed by atoms with E-state index in [0.29, 0.717) is 11.3 Å². The van der Waals surface area contributed by atoms with E-state index in [1.54, 1.807) is 18.2 Å². The molecule has 0 radical (unpaired) electrons. The van der Waals surface area contributed by atoms with Gasteiger partial charge in [-0.2, -0.15) is 0 Å². The fourth-order valence-electron chi connectivity index (χ4n) is 1.85. The van der Waals surface area contributed by atoms with Crippen molar-refractivity contribution in [3.63, 3.8) is 0 Å². The molecule has 1 aromatic carbocycles. The summed E-state index contributed by atoms with van der Waals surface area (Å²) in [6, 6.07) is 5.07. The van der Waals surface area contributed by atoms with Crippen LogP contribution in [0.3, 0.4) is 0 Å². The zero-order valence-corrected chi connectivity index (χ0v) is 12.0. The lowest BCUT2D eigenvalue weighted by Gasteiger charge is -2.29. The number of benzene rings is 1. The Hall–Kier alpha value is -1.82. The number of hydrogen-bond acceptors (Lipinski definition) is 4. The second kappa shape index (κ2) is 5.28. The van der Waals surface area contributed by atoms with Gasteiger partial charge in [0.05, 0.1) is 16.9 Å². The van der Waals surface area contributed by atoms with Crippen molar-refractivity contribution in [1.82, 2.24) is 0 Å². The van der Waals surface area contributed by atoms with Crippen LogP contribution >= 0.6 is 11.8 Å². The van der Waals surface area contributed by atoms with E-state index in [2.05, 4.69) is 5.32 Å². The van der Waals surface area contributed by atoms with E-state index < -0.39 is 10.7 Å². The predicted octanol–water partition coefficient (Wildman–Crippen LogP) is 2.56. The Labute approximate surface area is 120 Å². The number of carbonyl (C=O) groups is 3. The van der Waals surface area contributed by atoms with Gasteiger partial charge in [0, 0.05) is 16.9 Å². The third-order valence-corrected chi connectivity index (χ3v) is 4.30. The second-order valence-corrected chi connectivity index (χ2v) is 6.76. The maximum atomic E-state index is 11.9. The van der Waals surface area contributed by atoms with Gasteiger partial charge in [-0.25, -0.2) is 0 Å². The molecule has 1 aliphatic rings. The van der Waals surface area contributed by atoms with Crippen molar-refractivity contribution in [2.24, 2.45) is 0 Å². The SMILES string of the molecule is CC1(C)Sc2ccc(C(=O)CCC(=O)O)cc2NC1=O. The topological polar surface area (TPSA) is 83.5 Å². The van der Waals surface area contributed by atoms with Crippen LogP contribution in [0, 0.1) is 0 Å². The summed E-state index contributed by atoms with van der Waals surface area (Å²) < 4.78 is -0.540. The summed E-state index contributed by atoms with van der Waals surface area (Å²) in [6.07, 6.45) is -0.231. The zero-order valence-electron chi connectivity index (χ0n) is 11.2. The van der Waals surface area contributed by atoms with Gasteiger partial charge in [-0.3, -0.25) is 14.4 Å². The van der Waals surface area contributed by atoms with Crippen molar-refractivity contribution in [3.05, 3.63) is 23.8 Å². The minimum atomic E-state index is -0.998. The van der Waals surface area contributed by atoms with Crippen molar-refractivity contribution in [2.45, 2.75) is 36.3 Å². The fraction of sp³-hybridized carbons (Fsp3) is 0.357. The first kappa shape index (κ1) is 14.6. The van der Waals surface area contributed by atoms with E-state index in [1.165, 1.54) is 11.8 Å². The van der Waals surface area contributed by atoms with Crippen molar-refractivity contribution in [3.8, 4) is 0 Å². The molecule has 0 spiro atoms. The molecule has 1 aromatic rings. The molecule has 0 saturated carbocycles. The highest BCUT2D eigenvalue weighted by molar-refractivity contribution is 8.01. The molecular weight excluding hydrogens is 278 g/mol. The Morgan fingerprint density at radius 3 is 2.65 bits per heavy atom. The molecule has 0 fully saturated rings. The standard InChI is InChI=1S/C14H15NO4S/c1-14(2)13(19)15-9-7-8(3-5-11(9)20-14)10(16)4-6-12(17)18/h3,5,7H,4,6H2,1-2H3,(H,15,19)(H,17,18). The molecule has 2 rings (SSSR count). The van der Waals surface area contributed by atoms with Gasteiger partial charge in [-0.05, 0) is 26.0 Å². The summed E-state index contributed by atoms with van der Waals surface area (Å²) in [7, 11) is 0. The van der Waals surface area contributed by atoms with E-state index in [4.69, 9.17) is 5.11 Å². The first-order valence-electron chi connectivity index (χ1n) is 6.19. The molecule has 1 aliphatic heterocycles. The number of thioether (sulfide) groups is 1. The van der Waals surface area contributed by atoms with Gasteiger partial charge in [-0.15, -0.1) is 11.8 Å². The van der Waals surface area contributed by atoms with Crippen molar-refractivity contribution in [1.29, 1.82) is 0 Å². The monoisotopic (exact) mass is 293 g/mol. The van der Waals surface area contributed by atoms with E-state index in [1.807, 2.05) is 13.8 Å². The van der Waals surface area contributed by atoms with Gasteiger partial charge in [0.2, 0.25) is 5.91 Å². The van der Waals surface area contributed by atoms with Gasteiger partial charge in [0.25, 0.3) is 0 Å². The fourth-order valence-corrected chi connectivity index (χ4v) is 2.90. The maximum absolute atomic E-state index is 11.9. The summed E-state index contributed by atoms with van der Waals surface area (Å²) in [5, 5.41) is 11.4. The second-order valence-electron chi connectivity index (χ2n) is 5.09. The van der Waals surface area contributed by atoms with E-state index in [0.717, 1.165) is 4.90 Å². The largest absolute Gasteiger partial charge is 0.481 e. The number of nitrogens with one attached hydrogen (secondary N) is 1. The van der Waals surface area contributed by atoms with E-state index in [9.17, 15) is 14.4 Å². The normalized spacial score (nSPS) is 16.2. The lowest BCUT2D eigenvalue weighted by molar-refractivity contribution is -0.137. The molecule has 20 heavy (non-hydrogen) atoms. The number of amides is 1. The average Bonchev–Trinajstić information content (AvgIpc) is 2.36. The molecule has 1 heterocycles. The Balaban J connectivity index is 2.21. The first-order valence-corrected chi connectivity index (χ1v) is 7.01. The van der Waals surface area contributed by atoms with Crippen molar-refractivity contribution >= 4 is 35.1 Å². The summed E-state index contributed by atoms with van der Waals surface area (Å²) in [5.41, 5.74) is 1.03. The quantitative estimate of drug-likeness (QED) is 0.834. The minimum absolute atomic E-state index is 0.0410. The molecule has 0 atom stereocenters. The van der Waals surface area contributed by atoms with Crippen LogP contribution in [0.1, 0.15) is 37.0 Å². The number of anilines is 1. The van der Waals surface area contributed by atoms with E-state index in [-0.39, 0.29) is 24.5 Å². The Kier molecular flexibility index (Phi) is 3.85. The predicted molar refractivity (Wildman–Crippen MR) is 76.2 cm³/mol. The van der Waals surface area contributed by atoms with Crippen LogP contribution in [0.15, 0.2) is 23.1 Å². The molecule has 6 heteroatoms. The van der Waals surface area contributed by atoms with Crippen LogP contribution in [0.5, 0.6) is 0 Å². The summed E-state index contributed by atoms with van der Waals surface area (Å²) in [5.74, 6) is -1.34. The molecule has 0 aliphatic carbocycles. The van der Waals surface area contributed by atoms with Gasteiger partial charge in [0.15, 0.2) is 5.78 Å². The molecule has 5 nitrogen and oxygen atoms in total. The number of fused-ring (bicyclic) bond motifs is 1. The van der Waals surface area contributed by atoms with Crippen LogP contribution < -0.4 is 5.32 Å². The Morgan fingerprint density at radius 1 is 1.30 bits per heavy atom. The number of carboxylic acid groups (broad SMARTS) is 1. The van der Waals surface area contributed by atoms with Gasteiger partial charge >= 0.3 is 5.97 Å². The number of aliphatic carboxylic acids is 1. The van der Waals surface area contributed by atoms with Gasteiger partial charge in [-0.1, -0.05) is 6.07 Å². The van der Waals surface area contributed by atoms with E-state index >= 15 is 0 Å². The molecule has 106 valence electrons. The molecule has 2 N–H and O–H groups in total. The molecular formula is C14H15NO4S. The third-order valence-electron chi connectivity index (χ3n) is 3.03. The first-order chi connectivity index (χ1) is 9.29. The van der Waals surface area contributed by atoms with Crippen LogP contribution in [0.25, 0.3) is 0 Å². The molecule has 1 amide bonds. The molecule has 0 bridgehead atoms.